The number of urea groups is 1. The topological polar surface area (TPSA) is 104 Å². The summed E-state index contributed by atoms with van der Waals surface area (Å²) < 4.78 is 11.3. The summed E-state index contributed by atoms with van der Waals surface area (Å²) in [5, 5.41) is 5.33. The minimum atomic E-state index is -0.737. The second-order valence-corrected chi connectivity index (χ2v) is 8.28. The monoisotopic (exact) mass is 473 g/mol. The van der Waals surface area contributed by atoms with Crippen LogP contribution in [0.5, 0.6) is 11.5 Å². The number of hydrogen-bond acceptors (Lipinski definition) is 6. The average Bonchev–Trinajstić information content (AvgIpc) is 3.33. The number of hydrogen-bond donors (Lipinski definition) is 2. The van der Waals surface area contributed by atoms with Crippen LogP contribution in [0.2, 0.25) is 0 Å². The summed E-state index contributed by atoms with van der Waals surface area (Å²) in [4.78, 5) is 28.7. The average molecular weight is 474 g/mol. The summed E-state index contributed by atoms with van der Waals surface area (Å²) in [6, 6.07) is 24.8. The third kappa shape index (κ3) is 6.43. The number of amides is 2. The van der Waals surface area contributed by atoms with Crippen molar-refractivity contribution in [2.24, 2.45) is 5.73 Å². The van der Waals surface area contributed by atoms with E-state index in [0.717, 1.165) is 10.6 Å². The zero-order valence-electron chi connectivity index (χ0n) is 18.2. The maximum absolute atomic E-state index is 12.6. The van der Waals surface area contributed by atoms with Crippen LogP contribution in [0.25, 0.3) is 10.6 Å². The molecule has 4 rings (SSSR count). The molecule has 0 spiro atoms. The molecule has 0 radical (unpaired) electrons. The molecule has 4 aromatic rings. The van der Waals surface area contributed by atoms with Gasteiger partial charge in [0.1, 0.15) is 23.1 Å². The summed E-state index contributed by atoms with van der Waals surface area (Å²) in [6.07, 6.45) is -0.0899. The van der Waals surface area contributed by atoms with Crippen LogP contribution in [0.15, 0.2) is 90.3 Å². The first-order valence-corrected chi connectivity index (χ1v) is 11.5. The molecule has 0 aliphatic heterocycles. The Morgan fingerprint density at radius 2 is 1.65 bits per heavy atom. The molecule has 0 saturated carbocycles. The van der Waals surface area contributed by atoms with Gasteiger partial charge in [0, 0.05) is 10.9 Å². The van der Waals surface area contributed by atoms with Crippen LogP contribution in [0.3, 0.4) is 0 Å². The predicted molar refractivity (Wildman–Crippen MR) is 130 cm³/mol. The van der Waals surface area contributed by atoms with Crippen LogP contribution < -0.4 is 15.8 Å². The molecule has 7 nitrogen and oxygen atoms in total. The Kier molecular flexibility index (Phi) is 7.52. The minimum absolute atomic E-state index is 0.0443. The molecular weight excluding hydrogens is 450 g/mol. The smallest absolute Gasteiger partial charge is 0.312 e. The van der Waals surface area contributed by atoms with Crippen LogP contribution in [-0.4, -0.2) is 17.0 Å². The van der Waals surface area contributed by atoms with Crippen molar-refractivity contribution in [3.05, 3.63) is 102 Å². The summed E-state index contributed by atoms with van der Waals surface area (Å²) in [5.74, 6) is 0.767. The lowest BCUT2D eigenvalue weighted by atomic mass is 10.0. The highest BCUT2D eigenvalue weighted by Crippen LogP contribution is 2.27. The number of nitrogens with two attached hydrogens (primary N) is 1. The van der Waals surface area contributed by atoms with E-state index in [9.17, 15) is 9.59 Å². The molecule has 0 aliphatic carbocycles. The largest absolute Gasteiger partial charge is 0.459 e. The number of nitrogens with zero attached hydrogens (tertiary/aromatic N) is 1. The Morgan fingerprint density at radius 1 is 0.941 bits per heavy atom. The summed E-state index contributed by atoms with van der Waals surface area (Å²) in [7, 11) is 0. The molecule has 1 aromatic heterocycles. The SMILES string of the molecule is NC(=O)NC(CC(=O)OCc1csc(-c2ccccc2)n1)c1cccc(Oc2ccccc2)c1. The molecule has 0 saturated heterocycles. The maximum Gasteiger partial charge on any atom is 0.312 e. The van der Waals surface area contributed by atoms with Gasteiger partial charge in [0.15, 0.2) is 0 Å². The van der Waals surface area contributed by atoms with Gasteiger partial charge in [-0.25, -0.2) is 9.78 Å². The van der Waals surface area contributed by atoms with Gasteiger partial charge in [-0.1, -0.05) is 60.7 Å². The number of primary amides is 1. The molecule has 172 valence electrons. The fraction of sp³-hybridized carbons (Fsp3) is 0.115. The van der Waals surface area contributed by atoms with Crippen molar-refractivity contribution in [1.29, 1.82) is 0 Å². The van der Waals surface area contributed by atoms with Crippen molar-refractivity contribution in [2.75, 3.05) is 0 Å². The van der Waals surface area contributed by atoms with Gasteiger partial charge in [0.25, 0.3) is 0 Å². The standard InChI is InChI=1S/C26H23N3O4S/c27-26(31)29-23(19-10-7-13-22(14-19)33-21-11-5-2-6-12-21)15-24(30)32-16-20-17-34-25(28-20)18-8-3-1-4-9-18/h1-14,17,23H,15-16H2,(H3,27,29,31). The third-order valence-corrected chi connectivity index (χ3v) is 5.82. The van der Waals surface area contributed by atoms with Crippen molar-refractivity contribution >= 4 is 23.3 Å². The zero-order valence-corrected chi connectivity index (χ0v) is 19.0. The van der Waals surface area contributed by atoms with Crippen molar-refractivity contribution in [2.45, 2.75) is 19.1 Å². The number of ether oxygens (including phenoxy) is 2. The number of benzene rings is 3. The molecule has 0 aliphatic rings. The van der Waals surface area contributed by atoms with Gasteiger partial charge < -0.3 is 20.5 Å². The highest BCUT2D eigenvalue weighted by Gasteiger charge is 2.20. The number of esters is 1. The number of carbonyl (C=O) groups is 2. The Balaban J connectivity index is 1.39. The Bertz CT molecular complexity index is 1250. The van der Waals surface area contributed by atoms with Gasteiger partial charge in [-0.3, -0.25) is 4.79 Å². The second-order valence-electron chi connectivity index (χ2n) is 7.42. The van der Waals surface area contributed by atoms with E-state index in [2.05, 4.69) is 10.3 Å². The van der Waals surface area contributed by atoms with Gasteiger partial charge in [-0.15, -0.1) is 11.3 Å². The first-order valence-electron chi connectivity index (χ1n) is 10.6. The number of aromatic nitrogens is 1. The summed E-state index contributed by atoms with van der Waals surface area (Å²) >= 11 is 1.49. The van der Waals surface area contributed by atoms with E-state index in [1.807, 2.05) is 66.0 Å². The van der Waals surface area contributed by atoms with Crippen LogP contribution in [0.1, 0.15) is 23.7 Å². The number of carbonyl (C=O) groups excluding carboxylic acids is 2. The highest BCUT2D eigenvalue weighted by atomic mass is 32.1. The van der Waals surface area contributed by atoms with Crippen molar-refractivity contribution in [3.63, 3.8) is 0 Å². The van der Waals surface area contributed by atoms with Crippen LogP contribution >= 0.6 is 11.3 Å². The Hall–Kier alpha value is -4.17. The molecule has 34 heavy (non-hydrogen) atoms. The number of para-hydroxylation sites is 1. The molecule has 0 fully saturated rings. The molecule has 1 atom stereocenters. The van der Waals surface area contributed by atoms with E-state index in [1.54, 1.807) is 24.3 Å². The van der Waals surface area contributed by atoms with E-state index in [4.69, 9.17) is 15.2 Å². The van der Waals surface area contributed by atoms with Gasteiger partial charge in [0.05, 0.1) is 18.2 Å². The van der Waals surface area contributed by atoms with Crippen molar-refractivity contribution in [1.82, 2.24) is 10.3 Å². The summed E-state index contributed by atoms with van der Waals surface area (Å²) in [6.45, 7) is 0.0443. The van der Waals surface area contributed by atoms with Gasteiger partial charge in [-0.05, 0) is 29.8 Å². The maximum atomic E-state index is 12.6. The number of thiazole rings is 1. The fourth-order valence-electron chi connectivity index (χ4n) is 3.31. The quantitative estimate of drug-likeness (QED) is 0.315. The van der Waals surface area contributed by atoms with Crippen LogP contribution in [-0.2, 0) is 16.1 Å². The van der Waals surface area contributed by atoms with Crippen LogP contribution in [0, 0.1) is 0 Å². The van der Waals surface area contributed by atoms with Crippen molar-refractivity contribution in [3.8, 4) is 22.1 Å². The highest BCUT2D eigenvalue weighted by molar-refractivity contribution is 7.13. The first kappa shape index (κ1) is 23.0. The lowest BCUT2D eigenvalue weighted by Gasteiger charge is -2.18. The lowest BCUT2D eigenvalue weighted by Crippen LogP contribution is -2.34. The number of nitrogens with one attached hydrogen (secondary N) is 1. The molecule has 3 N–H and O–H groups in total. The second kappa shape index (κ2) is 11.1. The minimum Gasteiger partial charge on any atom is -0.459 e. The fourth-order valence-corrected chi connectivity index (χ4v) is 4.12. The molecule has 1 heterocycles. The van der Waals surface area contributed by atoms with E-state index in [-0.39, 0.29) is 13.0 Å². The normalized spacial score (nSPS) is 11.4. The summed E-state index contributed by atoms with van der Waals surface area (Å²) in [5.41, 5.74) is 7.69. The zero-order chi connectivity index (χ0) is 23.8. The third-order valence-electron chi connectivity index (χ3n) is 4.88. The Morgan fingerprint density at radius 3 is 2.38 bits per heavy atom. The predicted octanol–water partition coefficient (Wildman–Crippen LogP) is 5.45. The Labute approximate surface area is 201 Å². The van der Waals surface area contributed by atoms with E-state index >= 15 is 0 Å². The molecule has 1 unspecified atom stereocenters. The van der Waals surface area contributed by atoms with Gasteiger partial charge in [-0.2, -0.15) is 0 Å². The van der Waals surface area contributed by atoms with Crippen LogP contribution in [0.4, 0.5) is 4.79 Å². The molecule has 0 bridgehead atoms. The van der Waals surface area contributed by atoms with E-state index < -0.39 is 18.0 Å². The molecule has 2 amide bonds. The van der Waals surface area contributed by atoms with Gasteiger partial charge >= 0.3 is 12.0 Å². The lowest BCUT2D eigenvalue weighted by molar-refractivity contribution is -0.145. The first-order chi connectivity index (χ1) is 16.6. The van der Waals surface area contributed by atoms with Gasteiger partial charge in [0.2, 0.25) is 0 Å². The molecular formula is C26H23N3O4S. The number of rotatable bonds is 9. The van der Waals surface area contributed by atoms with E-state index in [0.29, 0.717) is 22.8 Å². The van der Waals surface area contributed by atoms with Crippen molar-refractivity contribution < 1.29 is 19.1 Å². The van der Waals surface area contributed by atoms with E-state index in [1.165, 1.54) is 11.3 Å². The molecule has 8 heteroatoms. The molecule has 3 aromatic carbocycles.